The average Bonchev–Trinajstić information content (AvgIpc) is 2.75. The van der Waals surface area contributed by atoms with E-state index in [1.165, 1.54) is 10.4 Å². The second-order valence-electron chi connectivity index (χ2n) is 4.42. The van der Waals surface area contributed by atoms with Gasteiger partial charge < -0.3 is 11.1 Å². The number of thiocarbonyl (C=S) groups is 1. The van der Waals surface area contributed by atoms with Crippen molar-refractivity contribution in [2.75, 3.05) is 5.32 Å². The zero-order valence-corrected chi connectivity index (χ0v) is 13.1. The Bertz CT molecular complexity index is 607. The molecule has 1 heterocycles. The van der Waals surface area contributed by atoms with Crippen molar-refractivity contribution in [3.8, 4) is 0 Å². The largest absolute Gasteiger partial charge is 0.389 e. The van der Waals surface area contributed by atoms with Crippen LogP contribution in [0.25, 0.3) is 0 Å². The second kappa shape index (κ2) is 5.90. The number of hydrogen-bond donors (Lipinski definition) is 2. The van der Waals surface area contributed by atoms with E-state index in [0.29, 0.717) is 4.99 Å². The maximum Gasteiger partial charge on any atom is 0.106 e. The minimum Gasteiger partial charge on any atom is -0.389 e. The van der Waals surface area contributed by atoms with Crippen LogP contribution in [0, 0.1) is 6.92 Å². The first-order valence-electron chi connectivity index (χ1n) is 5.89. The maximum atomic E-state index is 5.96. The van der Waals surface area contributed by atoms with E-state index in [0.717, 1.165) is 15.6 Å². The van der Waals surface area contributed by atoms with Gasteiger partial charge in [0.25, 0.3) is 0 Å². The molecule has 0 fully saturated rings. The molecule has 0 radical (unpaired) electrons. The van der Waals surface area contributed by atoms with Crippen molar-refractivity contribution in [3.63, 3.8) is 0 Å². The third-order valence-electron chi connectivity index (χ3n) is 2.83. The number of benzene rings is 1. The fourth-order valence-corrected chi connectivity index (χ4v) is 3.10. The van der Waals surface area contributed by atoms with E-state index in [2.05, 4.69) is 18.3 Å². The Morgan fingerprint density at radius 2 is 2.11 bits per heavy atom. The van der Waals surface area contributed by atoms with E-state index in [-0.39, 0.29) is 6.04 Å². The smallest absolute Gasteiger partial charge is 0.106 e. The molecule has 1 aromatic heterocycles. The van der Waals surface area contributed by atoms with Gasteiger partial charge in [0.05, 0.1) is 10.4 Å². The molecule has 0 aliphatic carbocycles. The number of halogens is 1. The Balaban J connectivity index is 2.27. The summed E-state index contributed by atoms with van der Waals surface area (Å²) in [5, 5.41) is 3.45. The van der Waals surface area contributed by atoms with Crippen LogP contribution in [0.1, 0.15) is 29.0 Å². The fraction of sp³-hybridized carbons (Fsp3) is 0.214. The van der Waals surface area contributed by atoms with Gasteiger partial charge in [0.1, 0.15) is 4.99 Å². The molecule has 1 aromatic carbocycles. The molecule has 0 bridgehead atoms. The molecule has 0 saturated heterocycles. The van der Waals surface area contributed by atoms with Gasteiger partial charge in [-0.25, -0.2) is 0 Å². The topological polar surface area (TPSA) is 38.0 Å². The van der Waals surface area contributed by atoms with Crippen molar-refractivity contribution in [1.29, 1.82) is 0 Å². The predicted octanol–water partition coefficient (Wildman–Crippen LogP) is 4.52. The van der Waals surface area contributed by atoms with Crippen LogP contribution >= 0.6 is 35.2 Å². The molecule has 0 saturated carbocycles. The van der Waals surface area contributed by atoms with Gasteiger partial charge in [0.2, 0.25) is 0 Å². The molecule has 2 rings (SSSR count). The van der Waals surface area contributed by atoms with Crippen LogP contribution in [0.4, 0.5) is 5.69 Å². The third-order valence-corrected chi connectivity index (χ3v) is 4.47. The minimum absolute atomic E-state index is 0.160. The lowest BCUT2D eigenvalue weighted by Crippen LogP contribution is -2.14. The summed E-state index contributed by atoms with van der Waals surface area (Å²) in [5.41, 5.74) is 8.75. The monoisotopic (exact) mass is 310 g/mol. The number of thiophene rings is 1. The summed E-state index contributed by atoms with van der Waals surface area (Å²) >= 11 is 12.6. The molecule has 0 aliphatic heterocycles. The quantitative estimate of drug-likeness (QED) is 0.816. The first-order valence-corrected chi connectivity index (χ1v) is 7.50. The number of nitrogens with two attached hydrogens (primary N) is 1. The van der Waals surface area contributed by atoms with Gasteiger partial charge in [-0.1, -0.05) is 29.9 Å². The van der Waals surface area contributed by atoms with Crippen molar-refractivity contribution in [1.82, 2.24) is 0 Å². The van der Waals surface area contributed by atoms with Crippen molar-refractivity contribution < 1.29 is 0 Å². The average molecular weight is 311 g/mol. The molecule has 100 valence electrons. The van der Waals surface area contributed by atoms with E-state index in [9.17, 15) is 0 Å². The van der Waals surface area contributed by atoms with Gasteiger partial charge in [0, 0.05) is 16.1 Å². The highest BCUT2D eigenvalue weighted by atomic mass is 35.5. The molecule has 5 heteroatoms. The Morgan fingerprint density at radius 1 is 1.37 bits per heavy atom. The molecular formula is C14H15ClN2S2. The Labute approximate surface area is 127 Å². The molecule has 19 heavy (non-hydrogen) atoms. The Morgan fingerprint density at radius 3 is 2.68 bits per heavy atom. The van der Waals surface area contributed by atoms with Crippen LogP contribution in [0.3, 0.4) is 0 Å². The van der Waals surface area contributed by atoms with Crippen LogP contribution in [0.5, 0.6) is 0 Å². The van der Waals surface area contributed by atoms with Gasteiger partial charge in [-0.3, -0.25) is 0 Å². The summed E-state index contributed by atoms with van der Waals surface area (Å²) in [6.45, 7) is 4.13. The molecule has 1 atom stereocenters. The number of hydrogen-bond acceptors (Lipinski definition) is 3. The van der Waals surface area contributed by atoms with Crippen molar-refractivity contribution in [3.05, 3.63) is 50.7 Å². The molecule has 2 aromatic rings. The Hall–Kier alpha value is -1.10. The molecule has 1 unspecified atom stereocenters. The number of aryl methyl sites for hydroxylation is 1. The van der Waals surface area contributed by atoms with Crippen LogP contribution in [-0.2, 0) is 0 Å². The SMILES string of the molecule is Cc1ccc(C(N)=S)c(NC(C)c2ccc(Cl)s2)c1. The van der Waals surface area contributed by atoms with Crippen LogP contribution in [0.15, 0.2) is 30.3 Å². The first-order chi connectivity index (χ1) is 8.97. The number of rotatable bonds is 4. The van der Waals surface area contributed by atoms with Gasteiger partial charge in [0.15, 0.2) is 0 Å². The highest BCUT2D eigenvalue weighted by molar-refractivity contribution is 7.80. The molecule has 0 amide bonds. The van der Waals surface area contributed by atoms with E-state index in [4.69, 9.17) is 29.6 Å². The summed E-state index contributed by atoms with van der Waals surface area (Å²) in [4.78, 5) is 1.58. The van der Waals surface area contributed by atoms with Crippen molar-refractivity contribution in [2.45, 2.75) is 19.9 Å². The lowest BCUT2D eigenvalue weighted by Gasteiger charge is -2.17. The lowest BCUT2D eigenvalue weighted by molar-refractivity contribution is 0.907. The molecule has 0 spiro atoms. The summed E-state index contributed by atoms with van der Waals surface area (Å²) in [5.74, 6) is 0. The van der Waals surface area contributed by atoms with Crippen LogP contribution in [0.2, 0.25) is 4.34 Å². The van der Waals surface area contributed by atoms with Gasteiger partial charge >= 0.3 is 0 Å². The van der Waals surface area contributed by atoms with Crippen LogP contribution < -0.4 is 11.1 Å². The molecule has 0 aliphatic rings. The number of anilines is 1. The van der Waals surface area contributed by atoms with E-state index < -0.39 is 0 Å². The summed E-state index contributed by atoms with van der Waals surface area (Å²) < 4.78 is 0.794. The van der Waals surface area contributed by atoms with Gasteiger partial charge in [-0.15, -0.1) is 11.3 Å². The third kappa shape index (κ3) is 3.47. The normalized spacial score (nSPS) is 12.2. The van der Waals surface area contributed by atoms with Gasteiger partial charge in [-0.05, 0) is 43.7 Å². The standard InChI is InChI=1S/C14H15ClN2S2/c1-8-3-4-10(14(16)18)11(7-8)17-9(2)12-5-6-13(15)19-12/h3-7,9,17H,1-2H3,(H2,16,18). The predicted molar refractivity (Wildman–Crippen MR) is 88.4 cm³/mol. The van der Waals surface area contributed by atoms with E-state index in [1.54, 1.807) is 11.3 Å². The van der Waals surface area contributed by atoms with Crippen molar-refractivity contribution in [2.24, 2.45) is 5.73 Å². The zero-order valence-electron chi connectivity index (χ0n) is 10.7. The molecular weight excluding hydrogens is 296 g/mol. The highest BCUT2D eigenvalue weighted by Crippen LogP contribution is 2.30. The first kappa shape index (κ1) is 14.3. The summed E-state index contributed by atoms with van der Waals surface area (Å²) in [6.07, 6.45) is 0. The fourth-order valence-electron chi connectivity index (χ4n) is 1.86. The zero-order chi connectivity index (χ0) is 14.0. The van der Waals surface area contributed by atoms with E-state index >= 15 is 0 Å². The maximum absolute atomic E-state index is 5.96. The highest BCUT2D eigenvalue weighted by Gasteiger charge is 2.12. The second-order valence-corrected chi connectivity index (χ2v) is 6.61. The van der Waals surface area contributed by atoms with Crippen molar-refractivity contribution >= 4 is 45.8 Å². The van der Waals surface area contributed by atoms with Crippen LogP contribution in [-0.4, -0.2) is 4.99 Å². The lowest BCUT2D eigenvalue weighted by atomic mass is 10.1. The van der Waals surface area contributed by atoms with Gasteiger partial charge in [-0.2, -0.15) is 0 Å². The minimum atomic E-state index is 0.160. The molecule has 3 N–H and O–H groups in total. The Kier molecular flexibility index (Phi) is 4.45. The number of nitrogens with one attached hydrogen (secondary N) is 1. The summed E-state index contributed by atoms with van der Waals surface area (Å²) in [6, 6.07) is 10.1. The summed E-state index contributed by atoms with van der Waals surface area (Å²) in [7, 11) is 0. The van der Waals surface area contributed by atoms with E-state index in [1.807, 2.05) is 31.2 Å². The molecule has 2 nitrogen and oxygen atoms in total.